The molecule has 0 bridgehead atoms. The predicted octanol–water partition coefficient (Wildman–Crippen LogP) is 4.13. The smallest absolute Gasteiger partial charge is 0.324 e. The molecule has 152 valence electrons. The monoisotopic (exact) mass is 382 g/mol. The molecule has 5 nitrogen and oxygen atoms in total. The molecule has 2 aliphatic heterocycles. The first-order valence-corrected chi connectivity index (χ1v) is 11.0. The summed E-state index contributed by atoms with van der Waals surface area (Å²) in [6.45, 7) is 13.0. The van der Waals surface area contributed by atoms with E-state index in [1.165, 1.54) is 24.0 Å². The lowest BCUT2D eigenvalue weighted by atomic mass is 9.66. The summed E-state index contributed by atoms with van der Waals surface area (Å²) in [4.78, 5) is 14.8. The molecule has 5 heteroatoms. The van der Waals surface area contributed by atoms with Crippen LogP contribution in [0, 0.1) is 0 Å². The second-order valence-corrected chi connectivity index (χ2v) is 8.35. The fourth-order valence-corrected chi connectivity index (χ4v) is 5.87. The van der Waals surface area contributed by atoms with Crippen LogP contribution in [0.2, 0.25) is 0 Å². The highest BCUT2D eigenvalue weighted by molar-refractivity contribution is 5.80. The molecule has 2 amide bonds. The van der Waals surface area contributed by atoms with Crippen molar-refractivity contribution in [1.29, 1.82) is 0 Å². The zero-order chi connectivity index (χ0) is 19.9. The van der Waals surface area contributed by atoms with Crippen molar-refractivity contribution in [2.75, 3.05) is 24.6 Å². The molecule has 0 spiro atoms. The maximum absolute atomic E-state index is 13.0. The lowest BCUT2D eigenvalue weighted by Gasteiger charge is -2.46. The van der Waals surface area contributed by atoms with E-state index in [4.69, 9.17) is 0 Å². The van der Waals surface area contributed by atoms with Crippen LogP contribution in [0.4, 0.5) is 10.5 Å². The first-order valence-electron chi connectivity index (χ1n) is 11.0. The van der Waals surface area contributed by atoms with Gasteiger partial charge in [0.25, 0.3) is 0 Å². The molecular weight excluding hydrogens is 348 g/mol. The van der Waals surface area contributed by atoms with Gasteiger partial charge < -0.3 is 10.2 Å². The minimum Gasteiger partial charge on any atom is -0.324 e. The summed E-state index contributed by atoms with van der Waals surface area (Å²) < 4.78 is 0. The van der Waals surface area contributed by atoms with Crippen molar-refractivity contribution in [3.05, 3.63) is 42.0 Å². The van der Waals surface area contributed by atoms with Crippen molar-refractivity contribution in [1.82, 2.24) is 15.6 Å². The molecule has 0 saturated carbocycles. The molecule has 0 radical (unpaired) electrons. The Kier molecular flexibility index (Phi) is 5.13. The molecular formula is C23H34N4O. The summed E-state index contributed by atoms with van der Waals surface area (Å²) in [5, 5.41) is 5.92. The second-order valence-electron chi connectivity index (χ2n) is 8.35. The number of urea groups is 1. The number of carbonyl (C=O) groups excluding carboxylic acids is 1. The number of nitrogens with one attached hydrogen (secondary N) is 2. The van der Waals surface area contributed by atoms with Gasteiger partial charge in [0.15, 0.2) is 0 Å². The van der Waals surface area contributed by atoms with E-state index in [9.17, 15) is 4.79 Å². The molecule has 1 saturated heterocycles. The molecule has 28 heavy (non-hydrogen) atoms. The molecule has 1 aliphatic carbocycles. The summed E-state index contributed by atoms with van der Waals surface area (Å²) in [5.41, 5.74) is 7.05. The summed E-state index contributed by atoms with van der Waals surface area (Å²) in [6.07, 6.45) is 6.57. The Morgan fingerprint density at radius 1 is 1.39 bits per heavy atom. The van der Waals surface area contributed by atoms with E-state index in [-0.39, 0.29) is 11.6 Å². The third kappa shape index (κ3) is 2.66. The molecule has 2 N–H and O–H groups in total. The van der Waals surface area contributed by atoms with E-state index in [1.54, 1.807) is 0 Å². The minimum absolute atomic E-state index is 0.0310. The number of hydrogen-bond acceptors (Lipinski definition) is 3. The van der Waals surface area contributed by atoms with Gasteiger partial charge in [0, 0.05) is 25.0 Å². The topological polar surface area (TPSA) is 47.6 Å². The summed E-state index contributed by atoms with van der Waals surface area (Å²) in [7, 11) is 0. The maximum Gasteiger partial charge on any atom is 0.336 e. The zero-order valence-electron chi connectivity index (χ0n) is 17.5. The van der Waals surface area contributed by atoms with Crippen LogP contribution in [0.5, 0.6) is 0 Å². The summed E-state index contributed by atoms with van der Waals surface area (Å²) in [5.74, 6) is 0.933. The first-order chi connectivity index (χ1) is 13.6. The SMILES string of the molecule is C=CC1(CC)C2C[C@H]3NCCC[C@@H]3c3cccc(c32)N1NC(=O)N(CC)CC. The van der Waals surface area contributed by atoms with Crippen LogP contribution in [0.25, 0.3) is 0 Å². The lowest BCUT2D eigenvalue weighted by Crippen LogP contribution is -2.59. The first kappa shape index (κ1) is 19.3. The number of hydrogen-bond donors (Lipinski definition) is 2. The van der Waals surface area contributed by atoms with Gasteiger partial charge in [0.05, 0.1) is 11.2 Å². The molecule has 4 atom stereocenters. The van der Waals surface area contributed by atoms with Gasteiger partial charge in [-0.1, -0.05) is 25.1 Å². The van der Waals surface area contributed by atoms with Crippen LogP contribution in [-0.4, -0.2) is 42.1 Å². The Labute approximate surface area is 169 Å². The van der Waals surface area contributed by atoms with Crippen LogP contribution in [-0.2, 0) is 0 Å². The van der Waals surface area contributed by atoms with E-state index in [0.29, 0.717) is 31.0 Å². The molecule has 4 rings (SSSR count). The third-order valence-electron chi connectivity index (χ3n) is 7.38. The molecule has 1 fully saturated rings. The fraction of sp³-hybridized carbons (Fsp3) is 0.609. The number of piperidine rings is 1. The zero-order valence-corrected chi connectivity index (χ0v) is 17.5. The Morgan fingerprint density at radius 2 is 2.18 bits per heavy atom. The van der Waals surface area contributed by atoms with Crippen LogP contribution in [0.1, 0.15) is 69.4 Å². The highest BCUT2D eigenvalue weighted by atomic mass is 16.2. The van der Waals surface area contributed by atoms with Crippen LogP contribution < -0.4 is 15.8 Å². The van der Waals surface area contributed by atoms with Gasteiger partial charge in [-0.25, -0.2) is 10.2 Å². The molecule has 1 aromatic rings. The molecule has 0 aromatic heterocycles. The molecule has 2 unspecified atom stereocenters. The molecule has 1 aromatic carbocycles. The Hall–Kier alpha value is -2.01. The van der Waals surface area contributed by atoms with E-state index in [1.807, 2.05) is 18.7 Å². The van der Waals surface area contributed by atoms with Gasteiger partial charge in [-0.3, -0.25) is 5.01 Å². The maximum atomic E-state index is 13.0. The van der Waals surface area contributed by atoms with Gasteiger partial charge in [-0.15, -0.1) is 6.58 Å². The number of benzene rings is 1. The van der Waals surface area contributed by atoms with E-state index >= 15 is 0 Å². The fourth-order valence-electron chi connectivity index (χ4n) is 5.87. The Bertz CT molecular complexity index is 759. The number of hydrazine groups is 1. The number of nitrogens with zero attached hydrogens (tertiary/aromatic N) is 2. The van der Waals surface area contributed by atoms with Crippen molar-refractivity contribution < 1.29 is 4.79 Å². The quantitative estimate of drug-likeness (QED) is 0.753. The van der Waals surface area contributed by atoms with Crippen LogP contribution in [0.15, 0.2) is 30.9 Å². The Balaban J connectivity index is 1.80. The van der Waals surface area contributed by atoms with Crippen molar-refractivity contribution in [2.24, 2.45) is 0 Å². The standard InChI is InChI=1S/C23H34N4O/c1-5-23(6-2)18-15-19-16(12-10-14-24-19)17-11-9-13-20(21(17)18)27(23)25-22(28)26(7-3)8-4/h5,9,11,13,16,18-19,24H,1,6-8,10,12,14-15H2,2-4H3,(H,25,28)/t16-,18?,19-,23?/m1/s1. The average Bonchev–Trinajstić information content (AvgIpc) is 2.99. The number of carbonyl (C=O) groups is 1. The Morgan fingerprint density at radius 3 is 2.86 bits per heavy atom. The number of rotatable bonds is 5. The number of amides is 2. The molecule has 2 heterocycles. The van der Waals surface area contributed by atoms with Crippen LogP contribution in [0.3, 0.4) is 0 Å². The highest BCUT2D eigenvalue weighted by Crippen LogP contribution is 2.57. The normalized spacial score (nSPS) is 30.4. The lowest BCUT2D eigenvalue weighted by molar-refractivity contribution is 0.196. The van der Waals surface area contributed by atoms with E-state index in [0.717, 1.165) is 25.1 Å². The van der Waals surface area contributed by atoms with Gasteiger partial charge in [-0.05, 0) is 69.2 Å². The van der Waals surface area contributed by atoms with Gasteiger partial charge >= 0.3 is 6.03 Å². The summed E-state index contributed by atoms with van der Waals surface area (Å²) in [6, 6.07) is 7.14. The third-order valence-corrected chi connectivity index (χ3v) is 7.38. The van der Waals surface area contributed by atoms with E-state index in [2.05, 4.69) is 53.5 Å². The second kappa shape index (κ2) is 7.43. The number of anilines is 1. The largest absolute Gasteiger partial charge is 0.336 e. The molecule has 3 aliphatic rings. The van der Waals surface area contributed by atoms with Crippen molar-refractivity contribution in [3.8, 4) is 0 Å². The van der Waals surface area contributed by atoms with Crippen molar-refractivity contribution >= 4 is 11.7 Å². The van der Waals surface area contributed by atoms with Gasteiger partial charge in [0.1, 0.15) is 0 Å². The average molecular weight is 383 g/mol. The van der Waals surface area contributed by atoms with Gasteiger partial charge in [0.2, 0.25) is 0 Å². The minimum atomic E-state index is -0.286. The van der Waals surface area contributed by atoms with Crippen molar-refractivity contribution in [3.63, 3.8) is 0 Å². The van der Waals surface area contributed by atoms with Gasteiger partial charge in [-0.2, -0.15) is 0 Å². The predicted molar refractivity (Wildman–Crippen MR) is 115 cm³/mol. The highest BCUT2D eigenvalue weighted by Gasteiger charge is 2.54. The van der Waals surface area contributed by atoms with E-state index < -0.39 is 0 Å². The number of fused-ring (bicyclic) bond motifs is 2. The van der Waals surface area contributed by atoms with Crippen LogP contribution >= 0.6 is 0 Å². The van der Waals surface area contributed by atoms with Crippen molar-refractivity contribution in [2.45, 2.75) is 69.9 Å². The summed E-state index contributed by atoms with van der Waals surface area (Å²) >= 11 is 0.